The van der Waals surface area contributed by atoms with Gasteiger partial charge in [-0.1, -0.05) is 23.2 Å². The largest absolute Gasteiger partial charge is 0.441 e. The van der Waals surface area contributed by atoms with Gasteiger partial charge in [0.2, 0.25) is 15.9 Å². The minimum absolute atomic E-state index is 0.000765. The van der Waals surface area contributed by atoms with E-state index in [0.717, 1.165) is 18.4 Å². The molecule has 1 N–H and O–H groups in total. The molecule has 0 spiro atoms. The highest BCUT2D eigenvalue weighted by Crippen LogP contribution is 2.30. The molecule has 2 heterocycles. The average molecular weight is 494 g/mol. The monoisotopic (exact) mass is 493 g/mol. The molecule has 7 nitrogen and oxygen atoms in total. The number of benzene rings is 2. The quantitative estimate of drug-likeness (QED) is 0.499. The number of hydrogen-bond donors (Lipinski definition) is 1. The Morgan fingerprint density at radius 3 is 2.53 bits per heavy atom. The van der Waals surface area contributed by atoms with Gasteiger partial charge in [0.25, 0.3) is 0 Å². The van der Waals surface area contributed by atoms with Gasteiger partial charge in [0.15, 0.2) is 11.7 Å². The zero-order valence-corrected chi connectivity index (χ0v) is 19.4. The molecule has 1 saturated heterocycles. The zero-order valence-electron chi connectivity index (χ0n) is 17.1. The molecule has 4 rings (SSSR count). The lowest BCUT2D eigenvalue weighted by atomic mass is 10.2. The molecule has 0 bridgehead atoms. The third-order valence-electron chi connectivity index (χ3n) is 5.15. The van der Waals surface area contributed by atoms with Crippen LogP contribution >= 0.6 is 23.2 Å². The van der Waals surface area contributed by atoms with Crippen LogP contribution in [-0.2, 0) is 21.2 Å². The Labute approximate surface area is 196 Å². The van der Waals surface area contributed by atoms with Crippen LogP contribution in [0.4, 0.5) is 5.69 Å². The van der Waals surface area contributed by atoms with Crippen molar-refractivity contribution in [1.82, 2.24) is 9.29 Å². The van der Waals surface area contributed by atoms with E-state index in [1.165, 1.54) is 16.4 Å². The van der Waals surface area contributed by atoms with Crippen molar-refractivity contribution in [3.05, 3.63) is 64.6 Å². The summed E-state index contributed by atoms with van der Waals surface area (Å²) in [5, 5.41) is 3.48. The Hall–Kier alpha value is -2.39. The summed E-state index contributed by atoms with van der Waals surface area (Å²) in [5.74, 6) is 0.730. The van der Waals surface area contributed by atoms with E-state index in [1.807, 2.05) is 12.1 Å². The van der Waals surface area contributed by atoms with Crippen molar-refractivity contribution in [2.45, 2.75) is 30.6 Å². The summed E-state index contributed by atoms with van der Waals surface area (Å²) in [7, 11) is -3.69. The fraction of sp³-hybridized carbons (Fsp3) is 0.273. The summed E-state index contributed by atoms with van der Waals surface area (Å²) < 4.78 is 32.8. The molecule has 1 aliphatic heterocycles. The van der Waals surface area contributed by atoms with E-state index in [-0.39, 0.29) is 22.2 Å². The van der Waals surface area contributed by atoms with Gasteiger partial charge in [0, 0.05) is 42.2 Å². The maximum atomic E-state index is 12.8. The van der Waals surface area contributed by atoms with Crippen LogP contribution in [0.3, 0.4) is 0 Å². The van der Waals surface area contributed by atoms with Crippen molar-refractivity contribution in [3.63, 3.8) is 0 Å². The molecule has 3 aromatic rings. The first-order chi connectivity index (χ1) is 15.3. The van der Waals surface area contributed by atoms with E-state index in [9.17, 15) is 13.2 Å². The summed E-state index contributed by atoms with van der Waals surface area (Å²) >= 11 is 12.0. The number of halogens is 2. The summed E-state index contributed by atoms with van der Waals surface area (Å²) in [4.78, 5) is 16.6. The maximum absolute atomic E-state index is 12.8. The molecule has 0 unspecified atom stereocenters. The van der Waals surface area contributed by atoms with Gasteiger partial charge >= 0.3 is 0 Å². The van der Waals surface area contributed by atoms with Gasteiger partial charge in [-0.15, -0.1) is 0 Å². The Kier molecular flexibility index (Phi) is 6.85. The van der Waals surface area contributed by atoms with Crippen molar-refractivity contribution in [3.8, 4) is 11.3 Å². The molecule has 0 saturated carbocycles. The van der Waals surface area contributed by atoms with Gasteiger partial charge in [-0.2, -0.15) is 4.31 Å². The van der Waals surface area contributed by atoms with Crippen LogP contribution in [-0.4, -0.2) is 36.7 Å². The highest BCUT2D eigenvalue weighted by Gasteiger charge is 2.29. The average Bonchev–Trinajstić information content (AvgIpc) is 3.47. The summed E-state index contributed by atoms with van der Waals surface area (Å²) in [6.07, 6.45) is 3.68. The summed E-state index contributed by atoms with van der Waals surface area (Å²) in [6, 6.07) is 11.6. The molecular formula is C22H21Cl2N3O4S. The molecule has 0 aliphatic carbocycles. The van der Waals surface area contributed by atoms with Crippen molar-refractivity contribution in [2.24, 2.45) is 0 Å². The third-order valence-corrected chi connectivity index (χ3v) is 7.78. The first-order valence-electron chi connectivity index (χ1n) is 10.1. The van der Waals surface area contributed by atoms with Crippen LogP contribution in [0.15, 0.2) is 58.0 Å². The number of carbonyl (C=O) groups excluding carboxylic acids is 1. The Morgan fingerprint density at radius 2 is 1.81 bits per heavy atom. The van der Waals surface area contributed by atoms with E-state index in [2.05, 4.69) is 10.3 Å². The molecule has 2 aromatic carbocycles. The number of nitrogens with zero attached hydrogens (tertiary/aromatic N) is 2. The fourth-order valence-corrected chi connectivity index (χ4v) is 5.61. The number of amides is 1. The standard InChI is InChI=1S/C22H21Cl2N3O4S/c23-16-5-3-15(4-6-16)19-14-25-22(31-19)10-9-21(28)26-17-7-8-18(24)20(13-17)32(29,30)27-11-1-2-12-27/h3-8,13-14H,1-2,9-12H2,(H,26,28). The van der Waals surface area contributed by atoms with E-state index < -0.39 is 10.0 Å². The molecule has 1 fully saturated rings. The second kappa shape index (κ2) is 9.62. The smallest absolute Gasteiger partial charge is 0.244 e. The van der Waals surface area contributed by atoms with Crippen LogP contribution < -0.4 is 5.32 Å². The van der Waals surface area contributed by atoms with Crippen LogP contribution in [0.25, 0.3) is 11.3 Å². The first-order valence-corrected chi connectivity index (χ1v) is 12.3. The number of nitrogens with one attached hydrogen (secondary N) is 1. The highest BCUT2D eigenvalue weighted by atomic mass is 35.5. The summed E-state index contributed by atoms with van der Waals surface area (Å²) in [6.45, 7) is 0.951. The lowest BCUT2D eigenvalue weighted by Gasteiger charge is -2.17. The second-order valence-corrected chi connectivity index (χ2v) is 10.2. The number of anilines is 1. The lowest BCUT2D eigenvalue weighted by Crippen LogP contribution is -2.28. The van der Waals surface area contributed by atoms with Gasteiger partial charge in [-0.25, -0.2) is 13.4 Å². The van der Waals surface area contributed by atoms with Gasteiger partial charge < -0.3 is 9.73 Å². The molecule has 10 heteroatoms. The molecular weight excluding hydrogens is 473 g/mol. The van der Waals surface area contributed by atoms with Gasteiger partial charge in [-0.05, 0) is 55.3 Å². The van der Waals surface area contributed by atoms with Gasteiger partial charge in [0.1, 0.15) is 4.90 Å². The van der Waals surface area contributed by atoms with Gasteiger partial charge in [-0.3, -0.25) is 4.79 Å². The van der Waals surface area contributed by atoms with Crippen LogP contribution in [0, 0.1) is 0 Å². The van der Waals surface area contributed by atoms with E-state index in [0.29, 0.717) is 41.9 Å². The molecule has 0 atom stereocenters. The topological polar surface area (TPSA) is 92.5 Å². The number of carbonyl (C=O) groups is 1. The predicted molar refractivity (Wildman–Crippen MR) is 123 cm³/mol. The van der Waals surface area contributed by atoms with Crippen molar-refractivity contribution in [2.75, 3.05) is 18.4 Å². The van der Waals surface area contributed by atoms with Crippen LogP contribution in [0.5, 0.6) is 0 Å². The molecule has 32 heavy (non-hydrogen) atoms. The van der Waals surface area contributed by atoms with E-state index in [1.54, 1.807) is 24.4 Å². The Morgan fingerprint density at radius 1 is 1.09 bits per heavy atom. The molecule has 168 valence electrons. The van der Waals surface area contributed by atoms with Crippen molar-refractivity contribution in [1.29, 1.82) is 0 Å². The summed E-state index contributed by atoms with van der Waals surface area (Å²) in [5.41, 5.74) is 1.21. The number of aryl methyl sites for hydroxylation is 1. The molecule has 1 aromatic heterocycles. The number of rotatable bonds is 7. The normalized spacial score (nSPS) is 14.6. The molecule has 0 radical (unpaired) electrons. The van der Waals surface area contributed by atoms with Crippen LogP contribution in [0.1, 0.15) is 25.2 Å². The van der Waals surface area contributed by atoms with Gasteiger partial charge in [0.05, 0.1) is 11.2 Å². The zero-order chi connectivity index (χ0) is 22.7. The first kappa shape index (κ1) is 22.8. The number of oxazole rings is 1. The van der Waals surface area contributed by atoms with E-state index in [4.69, 9.17) is 27.6 Å². The third kappa shape index (κ3) is 5.15. The van der Waals surface area contributed by atoms with E-state index >= 15 is 0 Å². The lowest BCUT2D eigenvalue weighted by molar-refractivity contribution is -0.116. The maximum Gasteiger partial charge on any atom is 0.244 e. The Balaban J connectivity index is 1.39. The predicted octanol–water partition coefficient (Wildman–Crippen LogP) is 5.00. The Bertz CT molecular complexity index is 1220. The molecule has 1 amide bonds. The highest BCUT2D eigenvalue weighted by molar-refractivity contribution is 7.89. The number of sulfonamides is 1. The number of aromatic nitrogens is 1. The second-order valence-electron chi connectivity index (χ2n) is 7.43. The fourth-order valence-electron chi connectivity index (χ4n) is 3.46. The van der Waals surface area contributed by atoms with Crippen molar-refractivity contribution >= 4 is 44.8 Å². The van der Waals surface area contributed by atoms with Crippen LogP contribution in [0.2, 0.25) is 10.0 Å². The minimum atomic E-state index is -3.69. The van der Waals surface area contributed by atoms with Crippen molar-refractivity contribution < 1.29 is 17.6 Å². The number of hydrogen-bond acceptors (Lipinski definition) is 5. The SMILES string of the molecule is O=C(CCc1ncc(-c2ccc(Cl)cc2)o1)Nc1ccc(Cl)c(S(=O)(=O)N2CCCC2)c1. The minimum Gasteiger partial charge on any atom is -0.441 e. The molecule has 1 aliphatic rings.